The number of thioether (sulfide) groups is 1. The van der Waals surface area contributed by atoms with Crippen molar-refractivity contribution in [1.82, 2.24) is 5.32 Å². The summed E-state index contributed by atoms with van der Waals surface area (Å²) in [7, 11) is 1.79. The Bertz CT molecular complexity index is 189. The lowest BCUT2D eigenvalue weighted by molar-refractivity contribution is 0.218. The molecule has 0 bridgehead atoms. The van der Waals surface area contributed by atoms with Crippen molar-refractivity contribution in [3.8, 4) is 0 Å². The van der Waals surface area contributed by atoms with Gasteiger partial charge in [0.25, 0.3) is 0 Å². The number of rotatable bonds is 8. The summed E-state index contributed by atoms with van der Waals surface area (Å²) in [5.74, 6) is 2.09. The number of methoxy groups -OCH3 is 1. The Morgan fingerprint density at radius 2 is 2.12 bits per heavy atom. The van der Waals surface area contributed by atoms with E-state index in [4.69, 9.17) is 4.74 Å². The van der Waals surface area contributed by atoms with Crippen molar-refractivity contribution >= 4 is 11.8 Å². The van der Waals surface area contributed by atoms with E-state index < -0.39 is 0 Å². The highest BCUT2D eigenvalue weighted by molar-refractivity contribution is 8.00. The van der Waals surface area contributed by atoms with Gasteiger partial charge in [0, 0.05) is 24.2 Å². The summed E-state index contributed by atoms with van der Waals surface area (Å²) in [6.45, 7) is 6.64. The maximum absolute atomic E-state index is 5.16. The van der Waals surface area contributed by atoms with E-state index in [9.17, 15) is 0 Å². The lowest BCUT2D eigenvalue weighted by Gasteiger charge is -2.36. The quantitative estimate of drug-likeness (QED) is 0.676. The Hall–Kier alpha value is 0.270. The van der Waals surface area contributed by atoms with E-state index in [-0.39, 0.29) is 0 Å². The SMILES string of the molecule is CCCNC1CCC(CC)CC1SCCOC. The molecular weight excluding hydrogens is 230 g/mol. The van der Waals surface area contributed by atoms with E-state index in [1.165, 1.54) is 38.6 Å². The zero-order chi connectivity index (χ0) is 12.5. The van der Waals surface area contributed by atoms with Gasteiger partial charge in [-0.3, -0.25) is 0 Å². The summed E-state index contributed by atoms with van der Waals surface area (Å²) in [6, 6.07) is 0.736. The molecule has 17 heavy (non-hydrogen) atoms. The molecule has 1 saturated carbocycles. The van der Waals surface area contributed by atoms with Crippen LogP contribution in [0.1, 0.15) is 46.0 Å². The molecule has 0 heterocycles. The zero-order valence-electron chi connectivity index (χ0n) is 11.7. The minimum absolute atomic E-state index is 0.736. The van der Waals surface area contributed by atoms with E-state index in [0.717, 1.165) is 29.6 Å². The average Bonchev–Trinajstić information content (AvgIpc) is 2.37. The lowest BCUT2D eigenvalue weighted by Crippen LogP contribution is -2.43. The van der Waals surface area contributed by atoms with Crippen LogP contribution in [-0.4, -0.2) is 37.3 Å². The third-order valence-electron chi connectivity index (χ3n) is 3.75. The predicted octanol–water partition coefficient (Wildman–Crippen LogP) is 3.31. The highest BCUT2D eigenvalue weighted by Crippen LogP contribution is 2.34. The van der Waals surface area contributed by atoms with E-state index >= 15 is 0 Å². The normalized spacial score (nSPS) is 29.5. The van der Waals surface area contributed by atoms with Crippen LogP contribution in [0, 0.1) is 5.92 Å². The van der Waals surface area contributed by atoms with Crippen LogP contribution in [0.3, 0.4) is 0 Å². The smallest absolute Gasteiger partial charge is 0.0553 e. The van der Waals surface area contributed by atoms with Crippen molar-refractivity contribution in [3.05, 3.63) is 0 Å². The molecule has 1 aliphatic rings. The monoisotopic (exact) mass is 259 g/mol. The Kier molecular flexibility index (Phi) is 8.33. The number of hydrogen-bond donors (Lipinski definition) is 1. The van der Waals surface area contributed by atoms with Crippen LogP contribution in [0.5, 0.6) is 0 Å². The first kappa shape index (κ1) is 15.3. The first-order valence-corrected chi connectivity index (χ1v) is 8.20. The molecule has 3 heteroatoms. The lowest BCUT2D eigenvalue weighted by atomic mass is 9.84. The maximum Gasteiger partial charge on any atom is 0.0553 e. The topological polar surface area (TPSA) is 21.3 Å². The molecule has 0 spiro atoms. The molecule has 3 atom stereocenters. The number of ether oxygens (including phenoxy) is 1. The first-order chi connectivity index (χ1) is 8.31. The third kappa shape index (κ3) is 5.62. The second kappa shape index (κ2) is 9.23. The van der Waals surface area contributed by atoms with E-state index in [0.29, 0.717) is 0 Å². The van der Waals surface area contributed by atoms with Gasteiger partial charge in [-0.1, -0.05) is 20.3 Å². The van der Waals surface area contributed by atoms with Crippen molar-refractivity contribution in [3.63, 3.8) is 0 Å². The largest absolute Gasteiger partial charge is 0.384 e. The molecule has 1 fully saturated rings. The molecule has 0 saturated heterocycles. The molecule has 102 valence electrons. The van der Waals surface area contributed by atoms with Gasteiger partial charge in [-0.15, -0.1) is 0 Å². The molecule has 0 radical (unpaired) electrons. The molecule has 2 nitrogen and oxygen atoms in total. The molecule has 0 aliphatic heterocycles. The van der Waals surface area contributed by atoms with Crippen LogP contribution >= 0.6 is 11.8 Å². The fourth-order valence-electron chi connectivity index (χ4n) is 2.61. The average molecular weight is 259 g/mol. The van der Waals surface area contributed by atoms with E-state index in [2.05, 4.69) is 30.9 Å². The van der Waals surface area contributed by atoms with Gasteiger partial charge in [0.1, 0.15) is 0 Å². The van der Waals surface area contributed by atoms with Crippen LogP contribution in [0.4, 0.5) is 0 Å². The fourth-order valence-corrected chi connectivity index (χ4v) is 4.05. The van der Waals surface area contributed by atoms with Crippen LogP contribution in [0.2, 0.25) is 0 Å². The van der Waals surface area contributed by atoms with Gasteiger partial charge in [-0.2, -0.15) is 11.8 Å². The molecule has 1 aliphatic carbocycles. The minimum Gasteiger partial charge on any atom is -0.384 e. The standard InChI is InChI=1S/C14H29NOS/c1-4-8-15-13-7-6-12(5-2)11-14(13)17-10-9-16-3/h12-15H,4-11H2,1-3H3. The van der Waals surface area contributed by atoms with E-state index in [1.54, 1.807) is 7.11 Å². The molecule has 0 aromatic carbocycles. The van der Waals surface area contributed by atoms with Gasteiger partial charge in [0.05, 0.1) is 6.61 Å². The highest BCUT2D eigenvalue weighted by atomic mass is 32.2. The van der Waals surface area contributed by atoms with Gasteiger partial charge in [0.2, 0.25) is 0 Å². The van der Waals surface area contributed by atoms with Crippen LogP contribution in [0.25, 0.3) is 0 Å². The van der Waals surface area contributed by atoms with Gasteiger partial charge in [0.15, 0.2) is 0 Å². The van der Waals surface area contributed by atoms with Crippen molar-refractivity contribution in [2.75, 3.05) is 26.0 Å². The maximum atomic E-state index is 5.16. The van der Waals surface area contributed by atoms with Crippen LogP contribution < -0.4 is 5.32 Å². The molecule has 3 unspecified atom stereocenters. The second-order valence-corrected chi connectivity index (χ2v) is 6.40. The summed E-state index contributed by atoms with van der Waals surface area (Å²) >= 11 is 2.11. The van der Waals surface area contributed by atoms with Crippen molar-refractivity contribution in [1.29, 1.82) is 0 Å². The summed E-state index contributed by atoms with van der Waals surface area (Å²) in [4.78, 5) is 0. The highest BCUT2D eigenvalue weighted by Gasteiger charge is 2.29. The first-order valence-electron chi connectivity index (χ1n) is 7.15. The van der Waals surface area contributed by atoms with Crippen LogP contribution in [0.15, 0.2) is 0 Å². The third-order valence-corrected chi connectivity index (χ3v) is 5.11. The van der Waals surface area contributed by atoms with Crippen molar-refractivity contribution in [2.45, 2.75) is 57.2 Å². The molecule has 0 amide bonds. The Morgan fingerprint density at radius 1 is 1.29 bits per heavy atom. The number of hydrogen-bond acceptors (Lipinski definition) is 3. The van der Waals surface area contributed by atoms with Gasteiger partial charge < -0.3 is 10.1 Å². The van der Waals surface area contributed by atoms with E-state index in [1.807, 2.05) is 0 Å². The van der Waals surface area contributed by atoms with Crippen LogP contribution in [-0.2, 0) is 4.74 Å². The molecule has 0 aromatic rings. The summed E-state index contributed by atoms with van der Waals surface area (Å²) in [5, 5.41) is 4.53. The summed E-state index contributed by atoms with van der Waals surface area (Å²) < 4.78 is 5.16. The predicted molar refractivity (Wildman–Crippen MR) is 77.8 cm³/mol. The Morgan fingerprint density at radius 3 is 2.76 bits per heavy atom. The second-order valence-electron chi connectivity index (χ2n) is 5.05. The van der Waals surface area contributed by atoms with Gasteiger partial charge in [-0.25, -0.2) is 0 Å². The molecule has 1 N–H and O–H groups in total. The zero-order valence-corrected chi connectivity index (χ0v) is 12.5. The summed E-state index contributed by atoms with van der Waals surface area (Å²) in [5.41, 5.74) is 0. The molecule has 1 rings (SSSR count). The van der Waals surface area contributed by atoms with Gasteiger partial charge in [-0.05, 0) is 38.1 Å². The van der Waals surface area contributed by atoms with Crippen molar-refractivity contribution in [2.24, 2.45) is 5.92 Å². The molecule has 0 aromatic heterocycles. The summed E-state index contributed by atoms with van der Waals surface area (Å²) in [6.07, 6.45) is 6.76. The number of nitrogens with one attached hydrogen (secondary N) is 1. The Balaban J connectivity index is 2.37. The minimum atomic E-state index is 0.736. The van der Waals surface area contributed by atoms with Crippen molar-refractivity contribution < 1.29 is 4.74 Å². The molecular formula is C14H29NOS. The fraction of sp³-hybridized carbons (Fsp3) is 1.00. The Labute approximate surface area is 111 Å². The van der Waals surface area contributed by atoms with Gasteiger partial charge >= 0.3 is 0 Å².